The van der Waals surface area contributed by atoms with E-state index < -0.39 is 10.0 Å². The molecule has 1 N–H and O–H groups in total. The minimum absolute atomic E-state index is 0.0782. The van der Waals surface area contributed by atoms with Crippen LogP contribution in [-0.4, -0.2) is 68.7 Å². The van der Waals surface area contributed by atoms with E-state index in [9.17, 15) is 8.42 Å². The molecule has 0 aliphatic carbocycles. The number of hydrogen-bond donors (Lipinski definition) is 1. The predicted molar refractivity (Wildman–Crippen MR) is 89.6 cm³/mol. The van der Waals surface area contributed by atoms with E-state index >= 15 is 0 Å². The lowest BCUT2D eigenvalue weighted by Gasteiger charge is -2.33. The molecular formula is C15H23ClN2O4S. The molecule has 23 heavy (non-hydrogen) atoms. The van der Waals surface area contributed by atoms with Gasteiger partial charge in [-0.3, -0.25) is 4.90 Å². The van der Waals surface area contributed by atoms with Crippen LogP contribution >= 0.6 is 11.6 Å². The third kappa shape index (κ3) is 4.16. The predicted octanol–water partition coefficient (Wildman–Crippen LogP) is 1.35. The van der Waals surface area contributed by atoms with Crippen molar-refractivity contribution < 1.29 is 18.3 Å². The molecule has 0 radical (unpaired) electrons. The van der Waals surface area contributed by atoms with E-state index in [4.69, 9.17) is 21.4 Å². The van der Waals surface area contributed by atoms with Crippen LogP contribution in [0.2, 0.25) is 5.02 Å². The molecule has 1 heterocycles. The number of aliphatic hydroxyl groups is 1. The molecule has 1 aromatic carbocycles. The Labute approximate surface area is 142 Å². The van der Waals surface area contributed by atoms with E-state index in [0.717, 1.165) is 5.56 Å². The molecule has 1 fully saturated rings. The standard InChI is InChI=1S/C15H23ClN2O4S/c1-3-22-14-10-12(2)13(16)11-15(14)23(20,21)18-6-4-17(5-7-18)8-9-19/h10-11,19H,3-9H2,1-2H3. The lowest BCUT2D eigenvalue weighted by molar-refractivity contribution is 0.151. The van der Waals surface area contributed by atoms with Gasteiger partial charge in [0.05, 0.1) is 13.2 Å². The fourth-order valence-corrected chi connectivity index (χ4v) is 4.37. The Bertz CT molecular complexity index is 643. The first-order valence-corrected chi connectivity index (χ1v) is 9.48. The summed E-state index contributed by atoms with van der Waals surface area (Å²) in [6.07, 6.45) is 0. The molecule has 0 saturated carbocycles. The summed E-state index contributed by atoms with van der Waals surface area (Å²) in [5.41, 5.74) is 0.779. The van der Waals surface area contributed by atoms with E-state index in [0.29, 0.717) is 50.1 Å². The van der Waals surface area contributed by atoms with Gasteiger partial charge in [-0.15, -0.1) is 0 Å². The van der Waals surface area contributed by atoms with Crippen molar-refractivity contribution in [2.24, 2.45) is 0 Å². The van der Waals surface area contributed by atoms with Crippen molar-refractivity contribution in [3.63, 3.8) is 0 Å². The van der Waals surface area contributed by atoms with Crippen molar-refractivity contribution in [2.75, 3.05) is 45.9 Å². The van der Waals surface area contributed by atoms with Gasteiger partial charge in [0.15, 0.2) is 0 Å². The molecule has 6 nitrogen and oxygen atoms in total. The lowest BCUT2D eigenvalue weighted by Crippen LogP contribution is -2.49. The van der Waals surface area contributed by atoms with Crippen molar-refractivity contribution in [1.82, 2.24) is 9.21 Å². The molecule has 130 valence electrons. The second-order valence-corrected chi connectivity index (χ2v) is 7.76. The number of hydrogen-bond acceptors (Lipinski definition) is 5. The summed E-state index contributed by atoms with van der Waals surface area (Å²) in [6.45, 7) is 6.63. The maximum atomic E-state index is 12.9. The molecular weight excluding hydrogens is 340 g/mol. The molecule has 1 aliphatic rings. The molecule has 0 amide bonds. The van der Waals surface area contributed by atoms with Gasteiger partial charge in [0.1, 0.15) is 10.6 Å². The molecule has 0 unspecified atom stereocenters. The molecule has 1 aliphatic heterocycles. The first-order chi connectivity index (χ1) is 10.9. The zero-order valence-electron chi connectivity index (χ0n) is 13.5. The number of aryl methyl sites for hydroxylation is 1. The van der Waals surface area contributed by atoms with Crippen LogP contribution < -0.4 is 4.74 Å². The van der Waals surface area contributed by atoms with Crippen LogP contribution in [0.3, 0.4) is 0 Å². The fourth-order valence-electron chi connectivity index (χ4n) is 2.58. The Hall–Kier alpha value is -0.860. The number of nitrogens with zero attached hydrogens (tertiary/aromatic N) is 2. The number of halogens is 1. The van der Waals surface area contributed by atoms with Crippen molar-refractivity contribution >= 4 is 21.6 Å². The first kappa shape index (κ1) is 18.5. The summed E-state index contributed by atoms with van der Waals surface area (Å²) < 4.78 is 32.8. The van der Waals surface area contributed by atoms with Gasteiger partial charge >= 0.3 is 0 Å². The van der Waals surface area contributed by atoms with E-state index in [2.05, 4.69) is 0 Å². The Morgan fingerprint density at radius 1 is 1.26 bits per heavy atom. The highest BCUT2D eigenvalue weighted by Gasteiger charge is 2.31. The molecule has 1 aromatic rings. The fraction of sp³-hybridized carbons (Fsp3) is 0.600. The zero-order valence-corrected chi connectivity index (χ0v) is 15.0. The number of aliphatic hydroxyl groups excluding tert-OH is 1. The van der Waals surface area contributed by atoms with Crippen LogP contribution in [-0.2, 0) is 10.0 Å². The summed E-state index contributed by atoms with van der Waals surface area (Å²) in [6, 6.07) is 3.14. The third-order valence-corrected chi connectivity index (χ3v) is 6.22. The van der Waals surface area contributed by atoms with Crippen molar-refractivity contribution in [1.29, 1.82) is 0 Å². The van der Waals surface area contributed by atoms with Crippen molar-refractivity contribution in [2.45, 2.75) is 18.7 Å². The second kappa shape index (κ2) is 7.81. The average Bonchev–Trinajstić information content (AvgIpc) is 2.51. The smallest absolute Gasteiger partial charge is 0.246 e. The number of piperazine rings is 1. The summed E-state index contributed by atoms with van der Waals surface area (Å²) in [5, 5.41) is 9.38. The first-order valence-electron chi connectivity index (χ1n) is 7.66. The Morgan fingerprint density at radius 2 is 1.91 bits per heavy atom. The van der Waals surface area contributed by atoms with Crippen LogP contribution in [0, 0.1) is 6.92 Å². The molecule has 1 saturated heterocycles. The van der Waals surface area contributed by atoms with Crippen LogP contribution in [0.4, 0.5) is 0 Å². The number of sulfonamides is 1. The Kier molecular flexibility index (Phi) is 6.27. The average molecular weight is 363 g/mol. The van der Waals surface area contributed by atoms with E-state index in [1.807, 2.05) is 18.7 Å². The Balaban J connectivity index is 2.28. The number of benzene rings is 1. The quantitative estimate of drug-likeness (QED) is 0.827. The summed E-state index contributed by atoms with van der Waals surface area (Å²) in [5.74, 6) is 0.340. The van der Waals surface area contributed by atoms with E-state index in [-0.39, 0.29) is 11.5 Å². The van der Waals surface area contributed by atoms with Gasteiger partial charge in [0.2, 0.25) is 10.0 Å². The minimum atomic E-state index is -3.66. The molecule has 0 aromatic heterocycles. The number of ether oxygens (including phenoxy) is 1. The molecule has 0 spiro atoms. The van der Waals surface area contributed by atoms with Gasteiger partial charge < -0.3 is 9.84 Å². The van der Waals surface area contributed by atoms with E-state index in [1.165, 1.54) is 10.4 Å². The third-order valence-electron chi connectivity index (χ3n) is 3.89. The highest BCUT2D eigenvalue weighted by molar-refractivity contribution is 7.89. The summed E-state index contributed by atoms with van der Waals surface area (Å²) >= 11 is 6.12. The van der Waals surface area contributed by atoms with Gasteiger partial charge in [-0.05, 0) is 31.5 Å². The topological polar surface area (TPSA) is 70.1 Å². The largest absolute Gasteiger partial charge is 0.492 e. The lowest BCUT2D eigenvalue weighted by atomic mass is 10.2. The molecule has 0 atom stereocenters. The van der Waals surface area contributed by atoms with Crippen LogP contribution in [0.1, 0.15) is 12.5 Å². The van der Waals surface area contributed by atoms with Crippen LogP contribution in [0.15, 0.2) is 17.0 Å². The van der Waals surface area contributed by atoms with Gasteiger partial charge in [-0.2, -0.15) is 4.31 Å². The van der Waals surface area contributed by atoms with Crippen molar-refractivity contribution in [3.8, 4) is 5.75 Å². The number of β-amino-alcohol motifs (C(OH)–C–C–N with tert-alkyl or cyclic N) is 1. The van der Waals surface area contributed by atoms with Gasteiger partial charge in [0, 0.05) is 37.7 Å². The van der Waals surface area contributed by atoms with Gasteiger partial charge in [-0.1, -0.05) is 11.6 Å². The monoisotopic (exact) mass is 362 g/mol. The summed E-state index contributed by atoms with van der Waals surface area (Å²) in [4.78, 5) is 2.16. The van der Waals surface area contributed by atoms with Crippen molar-refractivity contribution in [3.05, 3.63) is 22.7 Å². The zero-order chi connectivity index (χ0) is 17.0. The highest BCUT2D eigenvalue weighted by Crippen LogP contribution is 2.32. The Morgan fingerprint density at radius 3 is 2.48 bits per heavy atom. The maximum Gasteiger partial charge on any atom is 0.246 e. The number of rotatable bonds is 6. The highest BCUT2D eigenvalue weighted by atomic mass is 35.5. The summed E-state index contributed by atoms with van der Waals surface area (Å²) in [7, 11) is -3.66. The molecule has 8 heteroatoms. The normalized spacial score (nSPS) is 17.4. The van der Waals surface area contributed by atoms with Crippen LogP contribution in [0.5, 0.6) is 5.75 Å². The molecule has 2 rings (SSSR count). The molecule has 0 bridgehead atoms. The van der Waals surface area contributed by atoms with Crippen LogP contribution in [0.25, 0.3) is 0 Å². The van der Waals surface area contributed by atoms with Gasteiger partial charge in [0.25, 0.3) is 0 Å². The minimum Gasteiger partial charge on any atom is -0.492 e. The maximum absolute atomic E-state index is 12.9. The second-order valence-electron chi connectivity index (χ2n) is 5.45. The van der Waals surface area contributed by atoms with E-state index in [1.54, 1.807) is 6.07 Å². The van der Waals surface area contributed by atoms with Gasteiger partial charge in [-0.25, -0.2) is 8.42 Å². The SMILES string of the molecule is CCOc1cc(C)c(Cl)cc1S(=O)(=O)N1CCN(CCO)CC1.